The second kappa shape index (κ2) is 7.26. The van der Waals surface area contributed by atoms with Crippen molar-refractivity contribution < 1.29 is 4.79 Å². The van der Waals surface area contributed by atoms with Gasteiger partial charge in [0.25, 0.3) is 0 Å². The van der Waals surface area contributed by atoms with E-state index in [1.165, 1.54) is 17.3 Å². The molecule has 6 heteroatoms. The first-order valence-corrected chi connectivity index (χ1v) is 8.01. The molecular formula is C15H20N4OS. The molecule has 0 fully saturated rings. The highest BCUT2D eigenvalue weighted by molar-refractivity contribution is 7.99. The van der Waals surface area contributed by atoms with Crippen LogP contribution in [0.5, 0.6) is 0 Å². The van der Waals surface area contributed by atoms with Crippen molar-refractivity contribution in [3.05, 3.63) is 35.7 Å². The minimum absolute atomic E-state index is 0.0554. The number of rotatable bonds is 6. The zero-order valence-corrected chi connectivity index (χ0v) is 13.3. The van der Waals surface area contributed by atoms with E-state index < -0.39 is 0 Å². The summed E-state index contributed by atoms with van der Waals surface area (Å²) in [6.07, 6.45) is 0.993. The van der Waals surface area contributed by atoms with E-state index in [9.17, 15) is 4.79 Å². The molecule has 5 nitrogen and oxygen atoms in total. The highest BCUT2D eigenvalue weighted by atomic mass is 32.2. The van der Waals surface area contributed by atoms with E-state index in [-0.39, 0.29) is 5.91 Å². The Hall–Kier alpha value is -1.82. The molecule has 0 spiro atoms. The first kappa shape index (κ1) is 15.6. The van der Waals surface area contributed by atoms with Crippen LogP contribution in [0.15, 0.2) is 29.4 Å². The second-order valence-electron chi connectivity index (χ2n) is 5.05. The number of amides is 1. The van der Waals surface area contributed by atoms with Gasteiger partial charge in [0.15, 0.2) is 0 Å². The van der Waals surface area contributed by atoms with Gasteiger partial charge in [-0.1, -0.05) is 44.7 Å². The maximum Gasteiger partial charge on any atom is 0.234 e. The summed E-state index contributed by atoms with van der Waals surface area (Å²) in [4.78, 5) is 16.2. The quantitative estimate of drug-likeness (QED) is 0.804. The Balaban J connectivity index is 1.83. The van der Waals surface area contributed by atoms with Crippen molar-refractivity contribution in [2.45, 2.75) is 38.3 Å². The van der Waals surface area contributed by atoms with E-state index in [0.717, 1.165) is 17.9 Å². The topological polar surface area (TPSA) is 70.7 Å². The summed E-state index contributed by atoms with van der Waals surface area (Å²) in [6, 6.07) is 7.88. The van der Waals surface area contributed by atoms with Crippen LogP contribution in [0.1, 0.15) is 38.1 Å². The summed E-state index contributed by atoms with van der Waals surface area (Å²) >= 11 is 1.33. The maximum absolute atomic E-state index is 11.9. The van der Waals surface area contributed by atoms with Crippen LogP contribution in [0.4, 0.5) is 5.69 Å². The van der Waals surface area contributed by atoms with Gasteiger partial charge in [0, 0.05) is 11.6 Å². The summed E-state index contributed by atoms with van der Waals surface area (Å²) < 4.78 is 0. The molecule has 0 aliphatic heterocycles. The van der Waals surface area contributed by atoms with Gasteiger partial charge in [0.05, 0.1) is 5.75 Å². The Labute approximate surface area is 128 Å². The van der Waals surface area contributed by atoms with E-state index >= 15 is 0 Å². The van der Waals surface area contributed by atoms with E-state index in [2.05, 4.69) is 27.4 Å². The van der Waals surface area contributed by atoms with Gasteiger partial charge in [0.2, 0.25) is 11.1 Å². The zero-order chi connectivity index (χ0) is 15.2. The Bertz CT molecular complexity index is 592. The number of H-pyrrole nitrogens is 1. The first-order valence-electron chi connectivity index (χ1n) is 7.02. The molecule has 112 valence electrons. The van der Waals surface area contributed by atoms with Crippen LogP contribution in [0.25, 0.3) is 0 Å². The van der Waals surface area contributed by atoms with Gasteiger partial charge in [-0.05, 0) is 24.1 Å². The van der Waals surface area contributed by atoms with Crippen molar-refractivity contribution >= 4 is 23.4 Å². The van der Waals surface area contributed by atoms with Gasteiger partial charge in [-0.25, -0.2) is 4.98 Å². The lowest BCUT2D eigenvalue weighted by Gasteiger charge is -2.05. The van der Waals surface area contributed by atoms with Crippen molar-refractivity contribution in [2.75, 3.05) is 11.1 Å². The lowest BCUT2D eigenvalue weighted by Crippen LogP contribution is -2.14. The smallest absolute Gasteiger partial charge is 0.234 e. The first-order chi connectivity index (χ1) is 10.1. The molecule has 1 aromatic heterocycles. The molecule has 1 amide bonds. The van der Waals surface area contributed by atoms with E-state index in [1.807, 2.05) is 38.1 Å². The monoisotopic (exact) mass is 304 g/mol. The fourth-order valence-electron chi connectivity index (χ4n) is 1.73. The number of nitrogens with one attached hydrogen (secondary N) is 2. The van der Waals surface area contributed by atoms with Crippen molar-refractivity contribution in [3.63, 3.8) is 0 Å². The van der Waals surface area contributed by atoms with Crippen molar-refractivity contribution in [3.8, 4) is 0 Å². The minimum atomic E-state index is -0.0554. The van der Waals surface area contributed by atoms with Crippen molar-refractivity contribution in [1.82, 2.24) is 15.2 Å². The SMILES string of the molecule is CCc1ccc(NC(=O)CSc2n[nH]c(C(C)C)n2)cc1. The van der Waals surface area contributed by atoms with Crippen LogP contribution >= 0.6 is 11.8 Å². The number of thioether (sulfide) groups is 1. The predicted octanol–water partition coefficient (Wildman–Crippen LogP) is 3.22. The molecule has 0 unspecified atom stereocenters. The third-order valence-corrected chi connectivity index (χ3v) is 3.85. The number of aromatic amines is 1. The highest BCUT2D eigenvalue weighted by Crippen LogP contribution is 2.17. The number of hydrogen-bond donors (Lipinski definition) is 2. The van der Waals surface area contributed by atoms with Crippen LogP contribution in [-0.4, -0.2) is 26.8 Å². The summed E-state index contributed by atoms with van der Waals surface area (Å²) in [5.74, 6) is 1.39. The number of benzene rings is 1. The van der Waals surface area contributed by atoms with Crippen molar-refractivity contribution in [1.29, 1.82) is 0 Å². The largest absolute Gasteiger partial charge is 0.325 e. The second-order valence-corrected chi connectivity index (χ2v) is 5.99. The number of nitrogens with zero attached hydrogens (tertiary/aromatic N) is 2. The van der Waals surface area contributed by atoms with Gasteiger partial charge in [-0.2, -0.15) is 0 Å². The van der Waals surface area contributed by atoms with Crippen LogP contribution < -0.4 is 5.32 Å². The molecule has 1 heterocycles. The molecule has 1 aromatic carbocycles. The summed E-state index contributed by atoms with van der Waals surface area (Å²) in [5, 5.41) is 10.4. The van der Waals surface area contributed by atoms with Crippen LogP contribution in [-0.2, 0) is 11.2 Å². The van der Waals surface area contributed by atoms with Crippen LogP contribution in [0.2, 0.25) is 0 Å². The Kier molecular flexibility index (Phi) is 5.38. The Morgan fingerprint density at radius 1 is 1.33 bits per heavy atom. The number of carbonyl (C=O) groups excluding carboxylic acids is 1. The number of anilines is 1. The molecule has 2 rings (SSSR count). The number of hydrogen-bond acceptors (Lipinski definition) is 4. The average Bonchev–Trinajstić information content (AvgIpc) is 2.95. The molecule has 0 aliphatic rings. The van der Waals surface area contributed by atoms with Crippen LogP contribution in [0.3, 0.4) is 0 Å². The third-order valence-electron chi connectivity index (χ3n) is 3.01. The fourth-order valence-corrected chi connectivity index (χ4v) is 2.34. The van der Waals surface area contributed by atoms with Gasteiger partial charge >= 0.3 is 0 Å². The lowest BCUT2D eigenvalue weighted by molar-refractivity contribution is -0.113. The number of aromatic nitrogens is 3. The van der Waals surface area contributed by atoms with Gasteiger partial charge < -0.3 is 5.32 Å². The molecule has 0 bridgehead atoms. The molecule has 0 saturated carbocycles. The van der Waals surface area contributed by atoms with E-state index in [0.29, 0.717) is 16.8 Å². The normalized spacial score (nSPS) is 10.9. The minimum Gasteiger partial charge on any atom is -0.325 e. The summed E-state index contributed by atoms with van der Waals surface area (Å²) in [5.41, 5.74) is 2.07. The Morgan fingerprint density at radius 2 is 2.05 bits per heavy atom. The number of carbonyl (C=O) groups is 1. The lowest BCUT2D eigenvalue weighted by atomic mass is 10.1. The predicted molar refractivity (Wildman–Crippen MR) is 85.6 cm³/mol. The van der Waals surface area contributed by atoms with Gasteiger partial charge in [-0.15, -0.1) is 5.10 Å². The molecule has 0 saturated heterocycles. The van der Waals surface area contributed by atoms with Gasteiger partial charge in [0.1, 0.15) is 5.82 Å². The molecule has 2 aromatic rings. The third kappa shape index (κ3) is 4.60. The summed E-state index contributed by atoms with van der Waals surface area (Å²) in [7, 11) is 0. The fraction of sp³-hybridized carbons (Fsp3) is 0.400. The Morgan fingerprint density at radius 3 is 2.62 bits per heavy atom. The molecule has 0 radical (unpaired) electrons. The van der Waals surface area contributed by atoms with E-state index in [1.54, 1.807) is 0 Å². The molecule has 2 N–H and O–H groups in total. The average molecular weight is 304 g/mol. The maximum atomic E-state index is 11.9. The molecular weight excluding hydrogens is 284 g/mol. The van der Waals surface area contributed by atoms with Crippen molar-refractivity contribution in [2.24, 2.45) is 0 Å². The van der Waals surface area contributed by atoms with Crippen LogP contribution in [0, 0.1) is 0 Å². The molecule has 0 aliphatic carbocycles. The number of aryl methyl sites for hydroxylation is 1. The van der Waals surface area contributed by atoms with E-state index in [4.69, 9.17) is 0 Å². The van der Waals surface area contributed by atoms with Gasteiger partial charge in [-0.3, -0.25) is 9.89 Å². The zero-order valence-electron chi connectivity index (χ0n) is 12.5. The summed E-state index contributed by atoms with van der Waals surface area (Å²) in [6.45, 7) is 6.19. The highest BCUT2D eigenvalue weighted by Gasteiger charge is 2.09. The standard InChI is InChI=1S/C15H20N4OS/c1-4-11-5-7-12(8-6-11)16-13(20)9-21-15-17-14(10(2)3)18-19-15/h5-8,10H,4,9H2,1-3H3,(H,16,20)(H,17,18,19). The molecule has 21 heavy (non-hydrogen) atoms. The molecule has 0 atom stereocenters.